The first-order valence-electron chi connectivity index (χ1n) is 3.94. The molecule has 60 valence electrons. The summed E-state index contributed by atoms with van der Waals surface area (Å²) >= 11 is 5.01. The van der Waals surface area contributed by atoms with E-state index in [1.54, 1.807) is 6.07 Å². The van der Waals surface area contributed by atoms with Crippen molar-refractivity contribution in [2.75, 3.05) is 0 Å². The zero-order valence-corrected chi connectivity index (χ0v) is 7.32. The van der Waals surface area contributed by atoms with Gasteiger partial charge in [0.15, 0.2) is 0 Å². The molecule has 1 fully saturated rings. The lowest BCUT2D eigenvalue weighted by molar-refractivity contribution is 1.01. The zero-order chi connectivity index (χ0) is 8.55. The maximum Gasteiger partial charge on any atom is 0.121 e. The van der Waals surface area contributed by atoms with Gasteiger partial charge in [0.25, 0.3) is 0 Å². The van der Waals surface area contributed by atoms with Gasteiger partial charge in [0.1, 0.15) is 10.7 Å². The zero-order valence-electron chi connectivity index (χ0n) is 6.50. The summed E-state index contributed by atoms with van der Waals surface area (Å²) in [6, 6.07) is 5.81. The first-order chi connectivity index (χ1) is 5.81. The molecule has 0 atom stereocenters. The summed E-state index contributed by atoms with van der Waals surface area (Å²) in [6.45, 7) is 0. The third-order valence-electron chi connectivity index (χ3n) is 2.07. The lowest BCUT2D eigenvalue weighted by Crippen LogP contribution is -1.88. The number of aromatic nitrogens is 1. The molecule has 0 unspecified atom stereocenters. The highest BCUT2D eigenvalue weighted by Crippen LogP contribution is 2.38. The molecule has 0 aromatic carbocycles. The second-order valence-corrected chi connectivity index (χ2v) is 3.45. The van der Waals surface area contributed by atoms with E-state index in [0.29, 0.717) is 16.1 Å². The van der Waals surface area contributed by atoms with Gasteiger partial charge in [0.05, 0.1) is 5.56 Å². The number of pyridine rings is 1. The van der Waals surface area contributed by atoms with Crippen molar-refractivity contribution in [2.24, 2.45) is 0 Å². The summed E-state index contributed by atoms with van der Waals surface area (Å²) in [5.74, 6) is 0.666. The van der Waals surface area contributed by atoms with Gasteiger partial charge in [-0.2, -0.15) is 5.26 Å². The third kappa shape index (κ3) is 1.26. The standard InChI is InChI=1S/C9H8N2S/c10-5-7-3-4-8(6-1-2-6)11-9(7)12/h3-4,6H,1-2H2,(H,11,12). The summed E-state index contributed by atoms with van der Waals surface area (Å²) < 4.78 is 0.571. The monoisotopic (exact) mass is 176 g/mol. The Kier molecular flexibility index (Phi) is 1.70. The molecule has 1 aliphatic carbocycles. The molecule has 1 aromatic rings. The minimum atomic E-state index is 0.564. The first-order valence-corrected chi connectivity index (χ1v) is 4.35. The summed E-state index contributed by atoms with van der Waals surface area (Å²) in [6.07, 6.45) is 2.49. The van der Waals surface area contributed by atoms with Gasteiger partial charge >= 0.3 is 0 Å². The Hall–Kier alpha value is -1.14. The van der Waals surface area contributed by atoms with Gasteiger partial charge in [-0.1, -0.05) is 12.2 Å². The molecule has 1 aromatic heterocycles. The van der Waals surface area contributed by atoms with E-state index in [1.165, 1.54) is 18.5 Å². The number of aromatic amines is 1. The van der Waals surface area contributed by atoms with Crippen LogP contribution in [-0.2, 0) is 0 Å². The molecule has 0 radical (unpaired) electrons. The predicted molar refractivity (Wildman–Crippen MR) is 48.3 cm³/mol. The maximum absolute atomic E-state index is 8.63. The molecule has 0 saturated heterocycles. The van der Waals surface area contributed by atoms with Crippen LogP contribution in [0.2, 0.25) is 0 Å². The average molecular weight is 176 g/mol. The molecule has 12 heavy (non-hydrogen) atoms. The van der Waals surface area contributed by atoms with E-state index in [9.17, 15) is 0 Å². The van der Waals surface area contributed by atoms with E-state index in [2.05, 4.69) is 4.98 Å². The smallest absolute Gasteiger partial charge is 0.121 e. The number of hydrogen-bond acceptors (Lipinski definition) is 2. The highest BCUT2D eigenvalue weighted by molar-refractivity contribution is 7.71. The van der Waals surface area contributed by atoms with Crippen LogP contribution in [0.5, 0.6) is 0 Å². The van der Waals surface area contributed by atoms with Crippen molar-refractivity contribution in [1.29, 1.82) is 5.26 Å². The van der Waals surface area contributed by atoms with Crippen molar-refractivity contribution in [2.45, 2.75) is 18.8 Å². The van der Waals surface area contributed by atoms with E-state index in [4.69, 9.17) is 17.5 Å². The van der Waals surface area contributed by atoms with Crippen LogP contribution >= 0.6 is 12.2 Å². The number of hydrogen-bond donors (Lipinski definition) is 1. The molecular weight excluding hydrogens is 168 g/mol. The molecule has 0 spiro atoms. The lowest BCUT2D eigenvalue weighted by Gasteiger charge is -1.97. The summed E-state index contributed by atoms with van der Waals surface area (Å²) in [5, 5.41) is 8.63. The number of nitrogens with one attached hydrogen (secondary N) is 1. The van der Waals surface area contributed by atoms with Crippen molar-refractivity contribution in [3.63, 3.8) is 0 Å². The van der Waals surface area contributed by atoms with E-state index >= 15 is 0 Å². The Balaban J connectivity index is 2.46. The molecule has 0 aliphatic heterocycles. The Labute approximate surface area is 75.9 Å². The maximum atomic E-state index is 8.63. The summed E-state index contributed by atoms with van der Waals surface area (Å²) in [7, 11) is 0. The fourth-order valence-corrected chi connectivity index (χ4v) is 1.44. The Morgan fingerprint density at radius 3 is 2.75 bits per heavy atom. The van der Waals surface area contributed by atoms with Gasteiger partial charge in [-0.15, -0.1) is 0 Å². The minimum absolute atomic E-state index is 0.564. The lowest BCUT2D eigenvalue weighted by atomic mass is 10.2. The van der Waals surface area contributed by atoms with Crippen LogP contribution in [0.15, 0.2) is 12.1 Å². The second kappa shape index (κ2) is 2.72. The van der Waals surface area contributed by atoms with Gasteiger partial charge in [-0.3, -0.25) is 0 Å². The predicted octanol–water partition coefficient (Wildman–Crippen LogP) is 2.49. The van der Waals surface area contributed by atoms with Crippen LogP contribution in [0, 0.1) is 16.0 Å². The topological polar surface area (TPSA) is 39.6 Å². The normalized spacial score (nSPS) is 15.6. The van der Waals surface area contributed by atoms with Crippen LogP contribution in [0.25, 0.3) is 0 Å². The van der Waals surface area contributed by atoms with Crippen LogP contribution in [-0.4, -0.2) is 4.98 Å². The SMILES string of the molecule is N#Cc1ccc(C2CC2)[nH]c1=S. The summed E-state index contributed by atoms with van der Waals surface area (Å²) in [5.41, 5.74) is 1.74. The Morgan fingerprint density at radius 2 is 2.25 bits per heavy atom. The number of nitrogens with zero attached hydrogens (tertiary/aromatic N) is 1. The van der Waals surface area contributed by atoms with Gasteiger partial charge in [0.2, 0.25) is 0 Å². The van der Waals surface area contributed by atoms with Crippen molar-refractivity contribution in [3.8, 4) is 6.07 Å². The number of H-pyrrole nitrogens is 1. The third-order valence-corrected chi connectivity index (χ3v) is 2.39. The van der Waals surface area contributed by atoms with Gasteiger partial charge < -0.3 is 4.98 Å². The molecule has 0 bridgehead atoms. The molecule has 2 rings (SSSR count). The largest absolute Gasteiger partial charge is 0.349 e. The number of nitriles is 1. The van der Waals surface area contributed by atoms with Crippen molar-refractivity contribution < 1.29 is 0 Å². The Bertz CT molecular complexity index is 396. The molecule has 1 aliphatic rings. The van der Waals surface area contributed by atoms with Gasteiger partial charge in [-0.25, -0.2) is 0 Å². The van der Waals surface area contributed by atoms with E-state index < -0.39 is 0 Å². The minimum Gasteiger partial charge on any atom is -0.349 e. The fraction of sp³-hybridized carbons (Fsp3) is 0.333. The summed E-state index contributed by atoms with van der Waals surface area (Å²) in [4.78, 5) is 3.08. The van der Waals surface area contributed by atoms with Crippen molar-refractivity contribution >= 4 is 12.2 Å². The Morgan fingerprint density at radius 1 is 1.50 bits per heavy atom. The molecule has 1 saturated carbocycles. The highest BCUT2D eigenvalue weighted by atomic mass is 32.1. The molecule has 2 nitrogen and oxygen atoms in total. The van der Waals surface area contributed by atoms with Crippen LogP contribution in [0.4, 0.5) is 0 Å². The van der Waals surface area contributed by atoms with Crippen LogP contribution in [0.3, 0.4) is 0 Å². The van der Waals surface area contributed by atoms with E-state index in [0.717, 1.165) is 0 Å². The van der Waals surface area contributed by atoms with Gasteiger partial charge in [0, 0.05) is 5.69 Å². The highest BCUT2D eigenvalue weighted by Gasteiger charge is 2.23. The number of rotatable bonds is 1. The van der Waals surface area contributed by atoms with Crippen LogP contribution in [0.1, 0.15) is 30.0 Å². The van der Waals surface area contributed by atoms with E-state index in [-0.39, 0.29) is 0 Å². The quantitative estimate of drug-likeness (QED) is 0.668. The van der Waals surface area contributed by atoms with E-state index in [1.807, 2.05) is 12.1 Å². The molecular formula is C9H8N2S. The molecule has 3 heteroatoms. The van der Waals surface area contributed by atoms with Crippen molar-refractivity contribution in [1.82, 2.24) is 4.98 Å². The fourth-order valence-electron chi connectivity index (χ4n) is 1.21. The molecule has 1 heterocycles. The molecule has 0 amide bonds. The van der Waals surface area contributed by atoms with Crippen LogP contribution < -0.4 is 0 Å². The van der Waals surface area contributed by atoms with Crippen molar-refractivity contribution in [3.05, 3.63) is 28.0 Å². The second-order valence-electron chi connectivity index (χ2n) is 3.04. The van der Waals surface area contributed by atoms with Gasteiger partial charge in [-0.05, 0) is 30.9 Å². The average Bonchev–Trinajstić information content (AvgIpc) is 2.86. The first kappa shape index (κ1) is 7.51. The molecule has 1 N–H and O–H groups in total.